The maximum absolute atomic E-state index is 11.8. The number of rotatable bonds is 7. The van der Waals surface area contributed by atoms with E-state index in [1.807, 2.05) is 36.5 Å². The van der Waals surface area contributed by atoms with E-state index >= 15 is 0 Å². The lowest BCUT2D eigenvalue weighted by atomic mass is 10.1. The van der Waals surface area contributed by atoms with E-state index in [1.54, 1.807) is 6.08 Å². The Bertz CT molecular complexity index is 356. The first-order valence-electron chi connectivity index (χ1n) is 6.29. The van der Waals surface area contributed by atoms with Gasteiger partial charge in [0, 0.05) is 30.9 Å². The Morgan fingerprint density at radius 3 is 2.53 bits per heavy atom. The van der Waals surface area contributed by atoms with Crippen molar-refractivity contribution >= 4 is 5.78 Å². The number of benzene rings is 1. The number of unbranched alkanes of at least 4 members (excludes halogenated alkanes) is 1. The molecule has 0 aliphatic heterocycles. The van der Waals surface area contributed by atoms with Gasteiger partial charge in [-0.25, -0.2) is 0 Å². The van der Waals surface area contributed by atoms with Crippen molar-refractivity contribution in [1.82, 2.24) is 4.90 Å². The molecule has 0 amide bonds. The molecule has 0 unspecified atom stereocenters. The Morgan fingerprint density at radius 1 is 1.24 bits per heavy atom. The Morgan fingerprint density at radius 2 is 1.94 bits per heavy atom. The smallest absolute Gasteiger partial charge is 0.187 e. The molecule has 2 nitrogen and oxygen atoms in total. The standard InChI is InChI=1S/C15H21NO/c1-3-5-12-16(4-2)13-11-15(17)14-9-7-6-8-10-14/h6-11,13H,3-5,12H2,1-2H3/b13-11-. The monoisotopic (exact) mass is 231 g/mol. The van der Waals surface area contributed by atoms with Crippen LogP contribution in [0.4, 0.5) is 0 Å². The Kier molecular flexibility index (Phi) is 6.08. The molecule has 0 radical (unpaired) electrons. The number of hydrogen-bond donors (Lipinski definition) is 0. The van der Waals surface area contributed by atoms with Gasteiger partial charge in [0.05, 0.1) is 0 Å². The lowest BCUT2D eigenvalue weighted by Crippen LogP contribution is -2.18. The number of ketones is 1. The van der Waals surface area contributed by atoms with Crippen LogP contribution < -0.4 is 0 Å². The lowest BCUT2D eigenvalue weighted by Gasteiger charge is -2.17. The SMILES string of the molecule is CCCCN(/C=C\C(=O)c1ccccc1)CC. The number of carbonyl (C=O) groups is 1. The fraction of sp³-hybridized carbons (Fsp3) is 0.400. The zero-order valence-corrected chi connectivity index (χ0v) is 10.7. The molecule has 0 heterocycles. The molecule has 0 aromatic heterocycles. The van der Waals surface area contributed by atoms with Crippen LogP contribution in [0.15, 0.2) is 42.6 Å². The lowest BCUT2D eigenvalue weighted by molar-refractivity contribution is 0.104. The molecule has 1 rings (SSSR count). The van der Waals surface area contributed by atoms with Crippen LogP contribution in [0.5, 0.6) is 0 Å². The Labute approximate surface area is 104 Å². The fourth-order valence-electron chi connectivity index (χ4n) is 1.57. The van der Waals surface area contributed by atoms with E-state index in [4.69, 9.17) is 0 Å². The fourth-order valence-corrected chi connectivity index (χ4v) is 1.57. The van der Waals surface area contributed by atoms with Gasteiger partial charge in [-0.2, -0.15) is 0 Å². The Balaban J connectivity index is 2.54. The maximum atomic E-state index is 11.8. The van der Waals surface area contributed by atoms with Gasteiger partial charge in [0.1, 0.15) is 0 Å². The average molecular weight is 231 g/mol. The summed E-state index contributed by atoms with van der Waals surface area (Å²) >= 11 is 0. The molecule has 1 aromatic carbocycles. The molecule has 0 atom stereocenters. The van der Waals surface area contributed by atoms with Crippen molar-refractivity contribution in [1.29, 1.82) is 0 Å². The van der Waals surface area contributed by atoms with E-state index in [1.165, 1.54) is 6.42 Å². The average Bonchev–Trinajstić information content (AvgIpc) is 2.39. The molecular weight excluding hydrogens is 210 g/mol. The van der Waals surface area contributed by atoms with E-state index < -0.39 is 0 Å². The van der Waals surface area contributed by atoms with E-state index in [0.717, 1.165) is 25.1 Å². The minimum absolute atomic E-state index is 0.0700. The third-order valence-corrected chi connectivity index (χ3v) is 2.70. The molecule has 0 bridgehead atoms. The van der Waals surface area contributed by atoms with Crippen LogP contribution in [0, 0.1) is 0 Å². The zero-order valence-electron chi connectivity index (χ0n) is 10.7. The van der Waals surface area contributed by atoms with Gasteiger partial charge in [-0.3, -0.25) is 4.79 Å². The van der Waals surface area contributed by atoms with Crippen LogP contribution in [0.3, 0.4) is 0 Å². The molecular formula is C15H21NO. The van der Waals surface area contributed by atoms with Crippen molar-refractivity contribution in [2.75, 3.05) is 13.1 Å². The highest BCUT2D eigenvalue weighted by Crippen LogP contribution is 2.02. The van der Waals surface area contributed by atoms with Crippen LogP contribution in [-0.2, 0) is 0 Å². The predicted octanol–water partition coefficient (Wildman–Crippen LogP) is 3.51. The first-order valence-corrected chi connectivity index (χ1v) is 6.29. The van der Waals surface area contributed by atoms with Crippen molar-refractivity contribution in [3.8, 4) is 0 Å². The summed E-state index contributed by atoms with van der Waals surface area (Å²) in [6.45, 7) is 6.24. The molecule has 0 saturated carbocycles. The predicted molar refractivity (Wildman–Crippen MR) is 72.1 cm³/mol. The quantitative estimate of drug-likeness (QED) is 0.528. The van der Waals surface area contributed by atoms with E-state index in [0.29, 0.717) is 0 Å². The van der Waals surface area contributed by atoms with Gasteiger partial charge in [-0.05, 0) is 13.3 Å². The molecule has 0 aliphatic carbocycles. The molecule has 2 heteroatoms. The van der Waals surface area contributed by atoms with Gasteiger partial charge in [0.2, 0.25) is 0 Å². The van der Waals surface area contributed by atoms with Gasteiger partial charge in [0.15, 0.2) is 5.78 Å². The van der Waals surface area contributed by atoms with Gasteiger partial charge in [-0.15, -0.1) is 0 Å². The van der Waals surface area contributed by atoms with E-state index in [2.05, 4.69) is 18.7 Å². The second-order valence-electron chi connectivity index (χ2n) is 4.03. The van der Waals surface area contributed by atoms with Crippen molar-refractivity contribution in [3.63, 3.8) is 0 Å². The summed E-state index contributed by atoms with van der Waals surface area (Å²) in [5, 5.41) is 0. The van der Waals surface area contributed by atoms with Crippen LogP contribution >= 0.6 is 0 Å². The Hall–Kier alpha value is -1.57. The maximum Gasteiger partial charge on any atom is 0.187 e. The second kappa shape index (κ2) is 7.66. The van der Waals surface area contributed by atoms with E-state index in [9.17, 15) is 4.79 Å². The van der Waals surface area contributed by atoms with Gasteiger partial charge < -0.3 is 4.90 Å². The third-order valence-electron chi connectivity index (χ3n) is 2.70. The van der Waals surface area contributed by atoms with Crippen LogP contribution in [0.25, 0.3) is 0 Å². The number of hydrogen-bond acceptors (Lipinski definition) is 2. The highest BCUT2D eigenvalue weighted by atomic mass is 16.1. The molecule has 17 heavy (non-hydrogen) atoms. The highest BCUT2D eigenvalue weighted by Gasteiger charge is 2.00. The van der Waals surface area contributed by atoms with Gasteiger partial charge in [-0.1, -0.05) is 43.7 Å². The first-order chi connectivity index (χ1) is 8.27. The summed E-state index contributed by atoms with van der Waals surface area (Å²) in [5.41, 5.74) is 0.746. The largest absolute Gasteiger partial charge is 0.378 e. The highest BCUT2D eigenvalue weighted by molar-refractivity contribution is 6.04. The number of nitrogens with zero attached hydrogens (tertiary/aromatic N) is 1. The van der Waals surface area contributed by atoms with Crippen LogP contribution in [0.1, 0.15) is 37.0 Å². The molecule has 0 spiro atoms. The topological polar surface area (TPSA) is 20.3 Å². The molecule has 1 aromatic rings. The molecule has 0 saturated heterocycles. The molecule has 0 aliphatic rings. The van der Waals surface area contributed by atoms with Crippen LogP contribution in [0.2, 0.25) is 0 Å². The minimum atomic E-state index is 0.0700. The number of allylic oxidation sites excluding steroid dienone is 1. The minimum Gasteiger partial charge on any atom is -0.378 e. The van der Waals surface area contributed by atoms with Crippen LogP contribution in [-0.4, -0.2) is 23.8 Å². The van der Waals surface area contributed by atoms with Gasteiger partial charge >= 0.3 is 0 Å². The third kappa shape index (κ3) is 4.85. The van der Waals surface area contributed by atoms with Crippen molar-refractivity contribution in [2.45, 2.75) is 26.7 Å². The summed E-state index contributed by atoms with van der Waals surface area (Å²) in [5.74, 6) is 0.0700. The zero-order chi connectivity index (χ0) is 12.5. The summed E-state index contributed by atoms with van der Waals surface area (Å²) in [6, 6.07) is 9.37. The second-order valence-corrected chi connectivity index (χ2v) is 4.03. The summed E-state index contributed by atoms with van der Waals surface area (Å²) in [6.07, 6.45) is 5.91. The molecule has 0 fully saturated rings. The molecule has 92 valence electrons. The van der Waals surface area contributed by atoms with E-state index in [-0.39, 0.29) is 5.78 Å². The first kappa shape index (κ1) is 13.5. The summed E-state index contributed by atoms with van der Waals surface area (Å²) in [4.78, 5) is 14.0. The van der Waals surface area contributed by atoms with Crippen molar-refractivity contribution in [3.05, 3.63) is 48.2 Å². The summed E-state index contributed by atoms with van der Waals surface area (Å²) < 4.78 is 0. The van der Waals surface area contributed by atoms with Gasteiger partial charge in [0.25, 0.3) is 0 Å². The molecule has 0 N–H and O–H groups in total. The van der Waals surface area contributed by atoms with Crippen molar-refractivity contribution < 1.29 is 4.79 Å². The number of carbonyl (C=O) groups excluding carboxylic acids is 1. The van der Waals surface area contributed by atoms with Crippen molar-refractivity contribution in [2.24, 2.45) is 0 Å². The summed E-state index contributed by atoms with van der Waals surface area (Å²) in [7, 11) is 0. The normalized spacial score (nSPS) is 10.7.